The van der Waals surface area contributed by atoms with Crippen LogP contribution in [0.5, 0.6) is 0 Å². The Balaban J connectivity index is 1.69. The van der Waals surface area contributed by atoms with Crippen LogP contribution in [0.3, 0.4) is 0 Å². The van der Waals surface area contributed by atoms with Gasteiger partial charge in [0.05, 0.1) is 0 Å². The summed E-state index contributed by atoms with van der Waals surface area (Å²) in [6.07, 6.45) is 3.95. The fraction of sp³-hybridized carbons (Fsp3) is 0.0588. The first-order valence-corrected chi connectivity index (χ1v) is 6.43. The molecule has 3 rings (SSSR count). The molecule has 0 aliphatic heterocycles. The summed E-state index contributed by atoms with van der Waals surface area (Å²) in [4.78, 5) is 3.06. The van der Waals surface area contributed by atoms with Crippen LogP contribution < -0.4 is 5.32 Å². The molecule has 1 aromatic heterocycles. The molecule has 94 valence electrons. The van der Waals surface area contributed by atoms with E-state index < -0.39 is 0 Å². The first-order valence-electron chi connectivity index (χ1n) is 6.43. The Bertz CT molecular complexity index is 610. The van der Waals surface area contributed by atoms with Crippen molar-refractivity contribution in [2.75, 3.05) is 5.32 Å². The maximum Gasteiger partial charge on any atom is 0.0415 e. The Kier molecular flexibility index (Phi) is 3.32. The second-order valence-electron chi connectivity index (χ2n) is 4.52. The average Bonchev–Trinajstić information content (AvgIpc) is 3.00. The molecular formula is C17H16N2. The fourth-order valence-corrected chi connectivity index (χ4v) is 2.08. The molecule has 0 unspecified atom stereocenters. The van der Waals surface area contributed by atoms with Gasteiger partial charge >= 0.3 is 0 Å². The lowest BCUT2D eigenvalue weighted by molar-refractivity contribution is 1.15. The van der Waals surface area contributed by atoms with E-state index in [0.717, 1.165) is 12.2 Å². The molecule has 0 saturated carbocycles. The zero-order valence-corrected chi connectivity index (χ0v) is 10.6. The summed E-state index contributed by atoms with van der Waals surface area (Å²) >= 11 is 0. The Labute approximate surface area is 113 Å². The molecule has 0 fully saturated rings. The summed E-state index contributed by atoms with van der Waals surface area (Å²) in [5, 5.41) is 3.41. The highest BCUT2D eigenvalue weighted by molar-refractivity contribution is 5.65. The lowest BCUT2D eigenvalue weighted by Crippen LogP contribution is -1.97. The second-order valence-corrected chi connectivity index (χ2v) is 4.52. The molecule has 0 bridgehead atoms. The fourth-order valence-electron chi connectivity index (χ4n) is 2.08. The number of hydrogen-bond acceptors (Lipinski definition) is 1. The van der Waals surface area contributed by atoms with Crippen LogP contribution in [0.15, 0.2) is 73.1 Å². The van der Waals surface area contributed by atoms with E-state index in [4.69, 9.17) is 0 Å². The normalized spacial score (nSPS) is 10.3. The van der Waals surface area contributed by atoms with Gasteiger partial charge in [-0.3, -0.25) is 0 Å². The molecule has 2 nitrogen and oxygen atoms in total. The minimum absolute atomic E-state index is 0.841. The maximum absolute atomic E-state index is 3.41. The van der Waals surface area contributed by atoms with E-state index in [9.17, 15) is 0 Å². The number of benzene rings is 2. The number of nitrogens with one attached hydrogen (secondary N) is 2. The van der Waals surface area contributed by atoms with Gasteiger partial charge < -0.3 is 10.3 Å². The van der Waals surface area contributed by atoms with Crippen LogP contribution in [0, 0.1) is 0 Å². The van der Waals surface area contributed by atoms with Gasteiger partial charge in [0.2, 0.25) is 0 Å². The summed E-state index contributed by atoms with van der Waals surface area (Å²) in [7, 11) is 0. The van der Waals surface area contributed by atoms with Crippen molar-refractivity contribution in [1.82, 2.24) is 4.98 Å². The van der Waals surface area contributed by atoms with Crippen LogP contribution >= 0.6 is 0 Å². The van der Waals surface area contributed by atoms with Crippen LogP contribution in [0.2, 0.25) is 0 Å². The van der Waals surface area contributed by atoms with Gasteiger partial charge in [0, 0.05) is 24.6 Å². The van der Waals surface area contributed by atoms with Crippen molar-refractivity contribution in [3.05, 3.63) is 78.6 Å². The third-order valence-corrected chi connectivity index (χ3v) is 3.15. The van der Waals surface area contributed by atoms with Crippen molar-refractivity contribution >= 4 is 5.69 Å². The van der Waals surface area contributed by atoms with Crippen LogP contribution in [0.4, 0.5) is 5.69 Å². The third-order valence-electron chi connectivity index (χ3n) is 3.15. The van der Waals surface area contributed by atoms with Gasteiger partial charge in [-0.2, -0.15) is 0 Å². The van der Waals surface area contributed by atoms with Crippen molar-refractivity contribution in [2.45, 2.75) is 6.54 Å². The Morgan fingerprint density at radius 2 is 1.53 bits per heavy atom. The van der Waals surface area contributed by atoms with E-state index >= 15 is 0 Å². The number of hydrogen-bond donors (Lipinski definition) is 2. The average molecular weight is 248 g/mol. The highest BCUT2D eigenvalue weighted by atomic mass is 14.9. The molecule has 1 heterocycles. The first-order chi connectivity index (χ1) is 9.42. The van der Waals surface area contributed by atoms with Gasteiger partial charge in [-0.25, -0.2) is 0 Å². The van der Waals surface area contributed by atoms with Crippen LogP contribution in [-0.4, -0.2) is 4.98 Å². The summed E-state index contributed by atoms with van der Waals surface area (Å²) in [5.41, 5.74) is 4.89. The summed E-state index contributed by atoms with van der Waals surface area (Å²) in [5.74, 6) is 0. The van der Waals surface area contributed by atoms with E-state index in [-0.39, 0.29) is 0 Å². The Hall–Kier alpha value is -2.48. The minimum atomic E-state index is 0.841. The van der Waals surface area contributed by atoms with Crippen molar-refractivity contribution in [3.8, 4) is 11.1 Å². The number of aromatic amines is 1. The SMILES string of the molecule is c1ccc(-c2ccc(NCc3cc[nH]c3)cc2)cc1. The molecule has 0 radical (unpaired) electrons. The van der Waals surface area contributed by atoms with Crippen molar-refractivity contribution in [3.63, 3.8) is 0 Å². The number of H-pyrrole nitrogens is 1. The topological polar surface area (TPSA) is 27.8 Å². The summed E-state index contributed by atoms with van der Waals surface area (Å²) in [6, 6.07) is 21.0. The zero-order chi connectivity index (χ0) is 12.9. The molecule has 0 saturated heterocycles. The lowest BCUT2D eigenvalue weighted by Gasteiger charge is -2.06. The first kappa shape index (κ1) is 11.6. The van der Waals surface area contributed by atoms with Gasteiger partial charge in [-0.1, -0.05) is 42.5 Å². The van der Waals surface area contributed by atoms with E-state index in [1.807, 2.05) is 18.5 Å². The Morgan fingerprint density at radius 3 is 2.21 bits per heavy atom. The van der Waals surface area contributed by atoms with E-state index in [1.54, 1.807) is 0 Å². The van der Waals surface area contributed by atoms with Crippen LogP contribution in [0.1, 0.15) is 5.56 Å². The third kappa shape index (κ3) is 2.86. The molecule has 0 amide bonds. The lowest BCUT2D eigenvalue weighted by atomic mass is 10.1. The number of anilines is 1. The molecule has 2 N–H and O–H groups in total. The molecule has 0 atom stereocenters. The summed E-state index contributed by atoms with van der Waals surface area (Å²) < 4.78 is 0. The second kappa shape index (κ2) is 5.44. The molecule has 19 heavy (non-hydrogen) atoms. The zero-order valence-electron chi connectivity index (χ0n) is 10.6. The molecule has 3 aromatic rings. The largest absolute Gasteiger partial charge is 0.381 e. The maximum atomic E-state index is 3.41. The van der Waals surface area contributed by atoms with Gasteiger partial charge in [-0.15, -0.1) is 0 Å². The van der Waals surface area contributed by atoms with Gasteiger partial charge in [-0.05, 0) is 34.9 Å². The van der Waals surface area contributed by atoms with Gasteiger partial charge in [0.1, 0.15) is 0 Å². The van der Waals surface area contributed by atoms with Gasteiger partial charge in [0.15, 0.2) is 0 Å². The molecule has 2 aromatic carbocycles. The molecule has 0 aliphatic carbocycles. The predicted octanol–water partition coefficient (Wildman–Crippen LogP) is 4.29. The van der Waals surface area contributed by atoms with E-state index in [1.165, 1.54) is 16.7 Å². The van der Waals surface area contributed by atoms with Crippen LogP contribution in [0.25, 0.3) is 11.1 Å². The van der Waals surface area contributed by atoms with E-state index in [2.05, 4.69) is 64.9 Å². The Morgan fingerprint density at radius 1 is 0.789 bits per heavy atom. The molecule has 2 heteroatoms. The van der Waals surface area contributed by atoms with E-state index in [0.29, 0.717) is 0 Å². The highest BCUT2D eigenvalue weighted by Gasteiger charge is 1.97. The van der Waals surface area contributed by atoms with Crippen LogP contribution in [-0.2, 0) is 6.54 Å². The number of rotatable bonds is 4. The van der Waals surface area contributed by atoms with Crippen molar-refractivity contribution in [1.29, 1.82) is 0 Å². The summed E-state index contributed by atoms with van der Waals surface area (Å²) in [6.45, 7) is 0.841. The number of aromatic nitrogens is 1. The predicted molar refractivity (Wildman–Crippen MR) is 80.0 cm³/mol. The van der Waals surface area contributed by atoms with Gasteiger partial charge in [0.25, 0.3) is 0 Å². The monoisotopic (exact) mass is 248 g/mol. The highest BCUT2D eigenvalue weighted by Crippen LogP contribution is 2.21. The minimum Gasteiger partial charge on any atom is -0.381 e. The van der Waals surface area contributed by atoms with Crippen molar-refractivity contribution < 1.29 is 0 Å². The molecular weight excluding hydrogens is 232 g/mol. The molecule has 0 aliphatic rings. The standard InChI is InChI=1S/C17H16N2/c1-2-4-15(5-3-1)16-6-8-17(9-7-16)19-13-14-10-11-18-12-14/h1-12,18-19H,13H2. The quantitative estimate of drug-likeness (QED) is 0.708. The van der Waals surface area contributed by atoms with Crippen molar-refractivity contribution in [2.24, 2.45) is 0 Å². The smallest absolute Gasteiger partial charge is 0.0415 e. The molecule has 0 spiro atoms.